The lowest BCUT2D eigenvalue weighted by Gasteiger charge is -2.20. The lowest BCUT2D eigenvalue weighted by molar-refractivity contribution is -0.120. The quantitative estimate of drug-likeness (QED) is 0.572. The molecule has 35 heavy (non-hydrogen) atoms. The first-order valence-corrected chi connectivity index (χ1v) is 11.3. The van der Waals surface area contributed by atoms with Crippen LogP contribution in [0.2, 0.25) is 0 Å². The third kappa shape index (κ3) is 5.98. The zero-order valence-electron chi connectivity index (χ0n) is 20.2. The van der Waals surface area contributed by atoms with Crippen molar-refractivity contribution in [2.45, 2.75) is 26.8 Å². The summed E-state index contributed by atoms with van der Waals surface area (Å²) >= 11 is 0. The molecule has 0 fully saturated rings. The molecule has 1 aromatic heterocycles. The number of aromatic nitrogens is 1. The van der Waals surface area contributed by atoms with E-state index in [1.807, 2.05) is 63.2 Å². The first-order valence-electron chi connectivity index (χ1n) is 11.3. The van der Waals surface area contributed by atoms with Crippen molar-refractivity contribution in [3.63, 3.8) is 0 Å². The molecule has 1 atom stereocenters. The number of likely N-dealkylation sites (N-methyl/N-ethyl adjacent to an activating group) is 1. The second-order valence-electron chi connectivity index (χ2n) is 9.21. The number of pyridine rings is 1. The molecular formula is C28H27N3O4. The van der Waals surface area contributed by atoms with Crippen LogP contribution >= 0.6 is 0 Å². The minimum Gasteiger partial charge on any atom is -0.489 e. The van der Waals surface area contributed by atoms with Gasteiger partial charge in [0.2, 0.25) is 0 Å². The van der Waals surface area contributed by atoms with Crippen molar-refractivity contribution in [3.05, 3.63) is 78.1 Å². The molecule has 0 aliphatic carbocycles. The van der Waals surface area contributed by atoms with Crippen molar-refractivity contribution in [2.24, 2.45) is 5.41 Å². The second kappa shape index (κ2) is 9.90. The van der Waals surface area contributed by atoms with Crippen LogP contribution in [0.5, 0.6) is 17.2 Å². The van der Waals surface area contributed by atoms with E-state index in [0.717, 1.165) is 5.56 Å². The number of carbonyl (C=O) groups excluding carboxylic acids is 2. The van der Waals surface area contributed by atoms with Crippen LogP contribution in [-0.4, -0.2) is 36.5 Å². The van der Waals surface area contributed by atoms with Crippen LogP contribution in [-0.2, 0) is 4.79 Å². The Morgan fingerprint density at radius 3 is 2.63 bits per heavy atom. The summed E-state index contributed by atoms with van der Waals surface area (Å²) in [5, 5.41) is 2.74. The fourth-order valence-electron chi connectivity index (χ4n) is 3.39. The maximum absolute atomic E-state index is 13.2. The van der Waals surface area contributed by atoms with Gasteiger partial charge in [-0.15, -0.1) is 0 Å². The molecule has 0 radical (unpaired) electrons. The van der Waals surface area contributed by atoms with E-state index in [-0.39, 0.29) is 23.6 Å². The van der Waals surface area contributed by atoms with Crippen LogP contribution in [0.25, 0.3) is 0 Å². The molecule has 2 heterocycles. The summed E-state index contributed by atoms with van der Waals surface area (Å²) in [6.45, 7) is 6.10. The maximum Gasteiger partial charge on any atom is 0.270 e. The van der Waals surface area contributed by atoms with Gasteiger partial charge in [0.15, 0.2) is 0 Å². The summed E-state index contributed by atoms with van der Waals surface area (Å²) in [5.74, 6) is 7.20. The molecule has 0 spiro atoms. The third-order valence-electron chi connectivity index (χ3n) is 5.18. The van der Waals surface area contributed by atoms with Gasteiger partial charge in [0.25, 0.3) is 11.8 Å². The number of hydrogen-bond acceptors (Lipinski definition) is 5. The Bertz CT molecular complexity index is 1300. The fourth-order valence-corrected chi connectivity index (χ4v) is 3.39. The summed E-state index contributed by atoms with van der Waals surface area (Å²) in [4.78, 5) is 31.7. The molecule has 0 saturated heterocycles. The van der Waals surface area contributed by atoms with Gasteiger partial charge in [-0.1, -0.05) is 30.0 Å². The molecule has 7 heteroatoms. The summed E-state index contributed by atoms with van der Waals surface area (Å²) < 4.78 is 11.7. The summed E-state index contributed by atoms with van der Waals surface area (Å²) in [6.07, 6.45) is 1.49. The van der Waals surface area contributed by atoms with Crippen LogP contribution in [0.15, 0.2) is 66.9 Å². The molecule has 3 aromatic rings. The Labute approximate surface area is 205 Å². The summed E-state index contributed by atoms with van der Waals surface area (Å²) in [5.41, 5.74) is 1.38. The zero-order valence-corrected chi connectivity index (χ0v) is 20.2. The molecule has 7 nitrogen and oxygen atoms in total. The molecule has 0 unspecified atom stereocenters. The van der Waals surface area contributed by atoms with Crippen molar-refractivity contribution < 1.29 is 19.1 Å². The number of nitrogens with one attached hydrogen (secondary N) is 1. The Morgan fingerprint density at radius 2 is 1.89 bits per heavy atom. The lowest BCUT2D eigenvalue weighted by Crippen LogP contribution is -2.49. The highest BCUT2D eigenvalue weighted by Crippen LogP contribution is 2.31. The standard InChI is InChI=1S/C28H27N3O4/c1-28(2,3)14-12-19-10-11-25-24(16-19)31(4)27(33)23(18-34-25)30-26(32)22-17-21(13-15-29-22)35-20-8-6-5-7-9-20/h5-11,13,15-17,23H,18H2,1-4H3,(H,30,32)/t23-/m1/s1. The molecule has 2 amide bonds. The number of para-hydroxylation sites is 1. The van der Waals surface area contributed by atoms with Gasteiger partial charge in [0.05, 0.1) is 5.69 Å². The van der Waals surface area contributed by atoms with Crippen LogP contribution in [0, 0.1) is 17.3 Å². The van der Waals surface area contributed by atoms with E-state index in [2.05, 4.69) is 22.1 Å². The van der Waals surface area contributed by atoms with E-state index in [0.29, 0.717) is 22.9 Å². The van der Waals surface area contributed by atoms with Gasteiger partial charge >= 0.3 is 0 Å². The first-order chi connectivity index (χ1) is 16.7. The van der Waals surface area contributed by atoms with E-state index in [1.165, 1.54) is 17.2 Å². The molecule has 1 aliphatic rings. The number of carbonyl (C=O) groups is 2. The Kier molecular flexibility index (Phi) is 6.74. The van der Waals surface area contributed by atoms with Crippen LogP contribution in [0.1, 0.15) is 36.8 Å². The molecule has 1 aliphatic heterocycles. The minimum absolute atomic E-state index is 0.00483. The Morgan fingerprint density at radius 1 is 1.11 bits per heavy atom. The zero-order chi connectivity index (χ0) is 25.0. The Hall–Kier alpha value is -4.31. The average molecular weight is 470 g/mol. The molecule has 4 rings (SSSR count). The number of benzene rings is 2. The van der Waals surface area contributed by atoms with Crippen molar-refractivity contribution in [1.82, 2.24) is 10.3 Å². The van der Waals surface area contributed by atoms with Crippen molar-refractivity contribution in [3.8, 4) is 29.1 Å². The summed E-state index contributed by atoms with van der Waals surface area (Å²) in [6, 6.07) is 17.0. The molecular weight excluding hydrogens is 442 g/mol. The molecule has 0 saturated carbocycles. The molecule has 178 valence electrons. The fraction of sp³-hybridized carbons (Fsp3) is 0.250. The van der Waals surface area contributed by atoms with Crippen LogP contribution in [0.3, 0.4) is 0 Å². The number of hydrogen-bond donors (Lipinski definition) is 1. The van der Waals surface area contributed by atoms with E-state index >= 15 is 0 Å². The second-order valence-corrected chi connectivity index (χ2v) is 9.21. The number of rotatable bonds is 4. The maximum atomic E-state index is 13.2. The van der Waals surface area contributed by atoms with E-state index in [1.54, 1.807) is 19.2 Å². The smallest absolute Gasteiger partial charge is 0.270 e. The average Bonchev–Trinajstić information content (AvgIpc) is 2.95. The third-order valence-corrected chi connectivity index (χ3v) is 5.18. The van der Waals surface area contributed by atoms with Crippen molar-refractivity contribution >= 4 is 17.5 Å². The SMILES string of the molecule is CN1C(=O)[C@H](NC(=O)c2cc(Oc3ccccc3)ccn2)COc2ccc(C#CC(C)(C)C)cc21. The van der Waals surface area contributed by atoms with Crippen molar-refractivity contribution in [2.75, 3.05) is 18.6 Å². The van der Waals surface area contributed by atoms with Gasteiger partial charge in [0.1, 0.15) is 35.6 Å². The normalized spacial score (nSPS) is 15.1. The summed E-state index contributed by atoms with van der Waals surface area (Å²) in [7, 11) is 1.66. The molecule has 2 aromatic carbocycles. The van der Waals surface area contributed by atoms with Crippen molar-refractivity contribution in [1.29, 1.82) is 0 Å². The van der Waals surface area contributed by atoms with E-state index in [4.69, 9.17) is 9.47 Å². The molecule has 0 bridgehead atoms. The van der Waals surface area contributed by atoms with E-state index in [9.17, 15) is 9.59 Å². The van der Waals surface area contributed by atoms with Gasteiger partial charge in [-0.05, 0) is 57.2 Å². The number of anilines is 1. The highest BCUT2D eigenvalue weighted by atomic mass is 16.5. The number of fused-ring (bicyclic) bond motifs is 1. The van der Waals surface area contributed by atoms with Gasteiger partial charge in [-0.25, -0.2) is 0 Å². The largest absolute Gasteiger partial charge is 0.489 e. The van der Waals surface area contributed by atoms with Crippen LogP contribution in [0.4, 0.5) is 5.69 Å². The predicted molar refractivity (Wildman–Crippen MR) is 134 cm³/mol. The molecule has 1 N–H and O–H groups in total. The van der Waals surface area contributed by atoms with Crippen LogP contribution < -0.4 is 19.7 Å². The lowest BCUT2D eigenvalue weighted by atomic mass is 9.97. The monoisotopic (exact) mass is 469 g/mol. The highest BCUT2D eigenvalue weighted by molar-refractivity contribution is 6.03. The van der Waals surface area contributed by atoms with Gasteiger partial charge in [0, 0.05) is 30.3 Å². The highest BCUT2D eigenvalue weighted by Gasteiger charge is 2.31. The predicted octanol–water partition coefficient (Wildman–Crippen LogP) is 4.43. The minimum atomic E-state index is -0.885. The van der Waals surface area contributed by atoms with Gasteiger partial charge in [-0.2, -0.15) is 0 Å². The van der Waals surface area contributed by atoms with Gasteiger partial charge < -0.3 is 19.7 Å². The Balaban J connectivity index is 1.48. The number of amides is 2. The topological polar surface area (TPSA) is 80.8 Å². The number of ether oxygens (including phenoxy) is 2. The number of nitrogens with zero attached hydrogens (tertiary/aromatic N) is 2. The van der Waals surface area contributed by atoms with E-state index < -0.39 is 11.9 Å². The first kappa shape index (κ1) is 23.8. The van der Waals surface area contributed by atoms with Gasteiger partial charge in [-0.3, -0.25) is 14.6 Å².